The molecule has 0 aliphatic heterocycles. The largest absolute Gasteiger partial charge is 0.456 e. The summed E-state index contributed by atoms with van der Waals surface area (Å²) in [6.45, 7) is -0.266. The molecule has 1 aromatic heterocycles. The molecule has 0 radical (unpaired) electrons. The minimum Gasteiger partial charge on any atom is -0.456 e. The number of ether oxygens (including phenoxy) is 1. The molecule has 1 fully saturated rings. The SMILES string of the molecule is O=C(COC(=O)CCC1CCCC1)Nc1cccc2nsnc12. The second-order valence-electron chi connectivity index (χ2n) is 5.84. The number of carbonyl (C=O) groups excluding carboxylic acids is 2. The van der Waals surface area contributed by atoms with E-state index in [1.54, 1.807) is 12.1 Å². The van der Waals surface area contributed by atoms with Gasteiger partial charge in [0, 0.05) is 6.42 Å². The number of fused-ring (bicyclic) bond motifs is 1. The normalized spacial score (nSPS) is 15.0. The van der Waals surface area contributed by atoms with Crippen molar-refractivity contribution in [3.63, 3.8) is 0 Å². The smallest absolute Gasteiger partial charge is 0.306 e. The van der Waals surface area contributed by atoms with E-state index in [1.807, 2.05) is 6.07 Å². The number of carbonyl (C=O) groups is 2. The second-order valence-corrected chi connectivity index (χ2v) is 6.36. The maximum absolute atomic E-state index is 11.9. The molecule has 0 saturated heterocycles. The van der Waals surface area contributed by atoms with Gasteiger partial charge >= 0.3 is 5.97 Å². The van der Waals surface area contributed by atoms with Gasteiger partial charge in [0.1, 0.15) is 11.0 Å². The van der Waals surface area contributed by atoms with E-state index in [2.05, 4.69) is 14.1 Å². The van der Waals surface area contributed by atoms with Gasteiger partial charge in [-0.3, -0.25) is 9.59 Å². The van der Waals surface area contributed by atoms with Gasteiger partial charge in [0.05, 0.1) is 17.4 Å². The summed E-state index contributed by atoms with van der Waals surface area (Å²) in [5.74, 6) is -0.0218. The molecule has 6 nitrogen and oxygen atoms in total. The summed E-state index contributed by atoms with van der Waals surface area (Å²) in [6, 6.07) is 5.38. The van der Waals surface area contributed by atoms with Gasteiger partial charge in [-0.1, -0.05) is 31.7 Å². The first-order chi connectivity index (χ1) is 11.2. The fourth-order valence-corrected chi connectivity index (χ4v) is 3.48. The van der Waals surface area contributed by atoms with E-state index in [1.165, 1.54) is 25.7 Å². The van der Waals surface area contributed by atoms with Gasteiger partial charge in [0.15, 0.2) is 6.61 Å². The fraction of sp³-hybridized carbons (Fsp3) is 0.500. The number of benzene rings is 1. The zero-order valence-corrected chi connectivity index (χ0v) is 13.6. The molecule has 3 rings (SSSR count). The van der Waals surface area contributed by atoms with Crippen molar-refractivity contribution in [3.05, 3.63) is 18.2 Å². The highest BCUT2D eigenvalue weighted by Crippen LogP contribution is 2.28. The molecule has 0 atom stereocenters. The predicted octanol–water partition coefficient (Wildman–Crippen LogP) is 3.14. The van der Waals surface area contributed by atoms with Crippen LogP contribution >= 0.6 is 11.7 Å². The number of nitrogens with one attached hydrogen (secondary N) is 1. The lowest BCUT2D eigenvalue weighted by Crippen LogP contribution is -2.21. The van der Waals surface area contributed by atoms with Crippen molar-refractivity contribution in [1.82, 2.24) is 8.75 Å². The fourth-order valence-electron chi connectivity index (χ4n) is 2.93. The van der Waals surface area contributed by atoms with Crippen LogP contribution in [-0.2, 0) is 14.3 Å². The van der Waals surface area contributed by atoms with E-state index in [9.17, 15) is 9.59 Å². The molecule has 1 aliphatic rings. The van der Waals surface area contributed by atoms with Crippen LogP contribution in [0.4, 0.5) is 5.69 Å². The highest BCUT2D eigenvalue weighted by Gasteiger charge is 2.17. The Balaban J connectivity index is 1.44. The summed E-state index contributed by atoms with van der Waals surface area (Å²) in [6.07, 6.45) is 6.20. The molecule has 0 unspecified atom stereocenters. The van der Waals surface area contributed by atoms with Crippen molar-refractivity contribution in [2.45, 2.75) is 38.5 Å². The molecule has 122 valence electrons. The lowest BCUT2D eigenvalue weighted by atomic mass is 10.0. The van der Waals surface area contributed by atoms with Gasteiger partial charge < -0.3 is 10.1 Å². The zero-order chi connectivity index (χ0) is 16.1. The lowest BCUT2D eigenvalue weighted by molar-refractivity contribution is -0.147. The topological polar surface area (TPSA) is 81.2 Å². The van der Waals surface area contributed by atoms with Crippen molar-refractivity contribution < 1.29 is 14.3 Å². The quantitative estimate of drug-likeness (QED) is 0.821. The van der Waals surface area contributed by atoms with E-state index in [-0.39, 0.29) is 18.5 Å². The zero-order valence-electron chi connectivity index (χ0n) is 12.8. The van der Waals surface area contributed by atoms with E-state index >= 15 is 0 Å². The second kappa shape index (κ2) is 7.50. The van der Waals surface area contributed by atoms with E-state index < -0.39 is 0 Å². The van der Waals surface area contributed by atoms with Gasteiger partial charge in [-0.15, -0.1) is 0 Å². The van der Waals surface area contributed by atoms with Crippen LogP contribution in [0.25, 0.3) is 11.0 Å². The minimum atomic E-state index is -0.361. The predicted molar refractivity (Wildman–Crippen MR) is 88.2 cm³/mol. The molecule has 2 aromatic rings. The summed E-state index contributed by atoms with van der Waals surface area (Å²) in [5, 5.41) is 2.71. The first kappa shape index (κ1) is 15.9. The van der Waals surface area contributed by atoms with Crippen LogP contribution in [0, 0.1) is 5.92 Å². The maximum atomic E-state index is 11.9. The van der Waals surface area contributed by atoms with Crippen LogP contribution in [0.3, 0.4) is 0 Å². The first-order valence-corrected chi connectivity index (χ1v) is 8.62. The molecule has 1 heterocycles. The molecule has 1 N–H and O–H groups in total. The van der Waals surface area contributed by atoms with Gasteiger partial charge in [0.2, 0.25) is 0 Å². The molecule has 1 aliphatic carbocycles. The summed E-state index contributed by atoms with van der Waals surface area (Å²) in [4.78, 5) is 23.6. The molecule has 7 heteroatoms. The third-order valence-corrected chi connectivity index (χ3v) is 4.70. The molecule has 23 heavy (non-hydrogen) atoms. The number of esters is 1. The molecule has 0 bridgehead atoms. The van der Waals surface area contributed by atoms with E-state index in [4.69, 9.17) is 4.74 Å². The summed E-state index contributed by atoms with van der Waals surface area (Å²) < 4.78 is 13.3. The van der Waals surface area contributed by atoms with Crippen molar-refractivity contribution in [3.8, 4) is 0 Å². The Kier molecular flexibility index (Phi) is 5.17. The number of hydrogen-bond donors (Lipinski definition) is 1. The molecule has 1 amide bonds. The van der Waals surface area contributed by atoms with Crippen LogP contribution < -0.4 is 5.32 Å². The summed E-state index contributed by atoms with van der Waals surface area (Å²) in [7, 11) is 0. The maximum Gasteiger partial charge on any atom is 0.306 e. The molecular formula is C16H19N3O3S. The average molecular weight is 333 g/mol. The van der Waals surface area contributed by atoms with Gasteiger partial charge in [-0.2, -0.15) is 8.75 Å². The Morgan fingerprint density at radius 2 is 2.09 bits per heavy atom. The third kappa shape index (κ3) is 4.25. The number of amides is 1. The average Bonchev–Trinajstić information content (AvgIpc) is 3.22. The van der Waals surface area contributed by atoms with Crippen LogP contribution in [-0.4, -0.2) is 27.2 Å². The van der Waals surface area contributed by atoms with Gasteiger partial charge in [0.25, 0.3) is 5.91 Å². The van der Waals surface area contributed by atoms with Gasteiger partial charge in [-0.25, -0.2) is 0 Å². The third-order valence-electron chi connectivity index (χ3n) is 4.16. The minimum absolute atomic E-state index is 0.266. The Labute approximate surface area is 138 Å². The molecule has 1 saturated carbocycles. The monoisotopic (exact) mass is 333 g/mol. The Bertz CT molecular complexity index is 695. The number of nitrogens with zero attached hydrogens (tertiary/aromatic N) is 2. The summed E-state index contributed by atoms with van der Waals surface area (Å²) >= 11 is 1.09. The highest BCUT2D eigenvalue weighted by atomic mass is 32.1. The van der Waals surface area contributed by atoms with Crippen LogP contribution in [0.1, 0.15) is 38.5 Å². The highest BCUT2D eigenvalue weighted by molar-refractivity contribution is 7.00. The number of rotatable bonds is 6. The number of hydrogen-bond acceptors (Lipinski definition) is 6. The van der Waals surface area contributed by atoms with Crippen molar-refractivity contribution in [2.24, 2.45) is 5.92 Å². The van der Waals surface area contributed by atoms with Crippen LogP contribution in [0.2, 0.25) is 0 Å². The van der Waals surface area contributed by atoms with Crippen LogP contribution in [0.5, 0.6) is 0 Å². The first-order valence-electron chi connectivity index (χ1n) is 7.89. The van der Waals surface area contributed by atoms with Crippen LogP contribution in [0.15, 0.2) is 18.2 Å². The molecule has 1 aromatic carbocycles. The Morgan fingerprint density at radius 3 is 2.91 bits per heavy atom. The Hall–Kier alpha value is -2.02. The standard InChI is InChI=1S/C16H19N3O3S/c20-14(10-22-15(21)9-8-11-4-1-2-5-11)17-12-6-3-7-13-16(12)19-23-18-13/h3,6-7,11H,1-2,4-5,8-10H2,(H,17,20). The molecular weight excluding hydrogens is 314 g/mol. The Morgan fingerprint density at radius 1 is 1.26 bits per heavy atom. The van der Waals surface area contributed by atoms with E-state index in [0.717, 1.165) is 23.7 Å². The van der Waals surface area contributed by atoms with Gasteiger partial charge in [-0.05, 0) is 24.5 Å². The van der Waals surface area contributed by atoms with Crippen molar-refractivity contribution >= 4 is 40.3 Å². The number of aromatic nitrogens is 2. The molecule has 0 spiro atoms. The number of anilines is 1. The van der Waals surface area contributed by atoms with Crippen molar-refractivity contribution in [1.29, 1.82) is 0 Å². The summed E-state index contributed by atoms with van der Waals surface area (Å²) in [5.41, 5.74) is 1.98. The van der Waals surface area contributed by atoms with Crippen molar-refractivity contribution in [2.75, 3.05) is 11.9 Å². The lowest BCUT2D eigenvalue weighted by Gasteiger charge is -2.09. The van der Waals surface area contributed by atoms with E-state index in [0.29, 0.717) is 23.5 Å².